The number of rotatable bonds is 6. The summed E-state index contributed by atoms with van der Waals surface area (Å²) in [5, 5.41) is 9.22. The Labute approximate surface area is 221 Å². The van der Waals surface area contributed by atoms with E-state index in [4.69, 9.17) is 9.15 Å². The van der Waals surface area contributed by atoms with Crippen molar-refractivity contribution < 1.29 is 23.8 Å². The molecule has 0 fully saturated rings. The molecule has 0 radical (unpaired) electrons. The van der Waals surface area contributed by atoms with Gasteiger partial charge >= 0.3 is 11.9 Å². The maximum atomic E-state index is 13.7. The smallest absolute Gasteiger partial charge is 0.338 e. The van der Waals surface area contributed by atoms with Crippen molar-refractivity contribution in [2.24, 2.45) is 4.99 Å². The Balaban J connectivity index is 1.60. The van der Waals surface area contributed by atoms with Crippen molar-refractivity contribution in [3.8, 4) is 11.3 Å². The summed E-state index contributed by atoms with van der Waals surface area (Å²) in [5.41, 5.74) is 3.03. The fraction of sp³-hybridized carbons (Fsp3) is 0.172. The second kappa shape index (κ2) is 10.1. The van der Waals surface area contributed by atoms with Gasteiger partial charge in [-0.3, -0.25) is 9.36 Å². The van der Waals surface area contributed by atoms with Crippen LogP contribution in [0, 0.1) is 6.92 Å². The number of carboxylic acids is 1. The highest BCUT2D eigenvalue weighted by Gasteiger charge is 2.33. The first-order chi connectivity index (χ1) is 18.3. The zero-order valence-corrected chi connectivity index (χ0v) is 21.7. The van der Waals surface area contributed by atoms with Gasteiger partial charge in [-0.2, -0.15) is 0 Å². The molecule has 2 aromatic carbocycles. The topological polar surface area (TPSA) is 111 Å². The number of esters is 1. The summed E-state index contributed by atoms with van der Waals surface area (Å²) in [6.07, 6.45) is 1.65. The predicted molar refractivity (Wildman–Crippen MR) is 143 cm³/mol. The van der Waals surface area contributed by atoms with Gasteiger partial charge in [-0.15, -0.1) is 0 Å². The zero-order valence-electron chi connectivity index (χ0n) is 20.9. The molecule has 1 aliphatic rings. The van der Waals surface area contributed by atoms with Crippen molar-refractivity contribution in [3.05, 3.63) is 114 Å². The van der Waals surface area contributed by atoms with Gasteiger partial charge in [0.25, 0.3) is 5.56 Å². The van der Waals surface area contributed by atoms with Gasteiger partial charge in [0.05, 0.1) is 34.0 Å². The van der Waals surface area contributed by atoms with E-state index in [9.17, 15) is 19.5 Å². The van der Waals surface area contributed by atoms with Gasteiger partial charge in [0.1, 0.15) is 11.5 Å². The van der Waals surface area contributed by atoms with E-state index in [1.54, 1.807) is 44.2 Å². The first-order valence-corrected chi connectivity index (χ1v) is 12.8. The van der Waals surface area contributed by atoms with Gasteiger partial charge < -0.3 is 14.3 Å². The van der Waals surface area contributed by atoms with Crippen LogP contribution in [0.15, 0.2) is 86.1 Å². The fourth-order valence-corrected chi connectivity index (χ4v) is 5.55. The zero-order chi connectivity index (χ0) is 27.0. The van der Waals surface area contributed by atoms with Crippen LogP contribution < -0.4 is 14.9 Å². The summed E-state index contributed by atoms with van der Waals surface area (Å²) in [5.74, 6) is -0.479. The average Bonchev–Trinajstić information content (AvgIpc) is 3.48. The molecule has 1 atom stereocenters. The van der Waals surface area contributed by atoms with Gasteiger partial charge in [0, 0.05) is 11.6 Å². The number of nitrogens with zero attached hydrogens (tertiary/aromatic N) is 2. The highest BCUT2D eigenvalue weighted by Crippen LogP contribution is 2.31. The lowest BCUT2D eigenvalue weighted by Crippen LogP contribution is -2.39. The monoisotopic (exact) mass is 528 g/mol. The molecule has 0 amide bonds. The van der Waals surface area contributed by atoms with Crippen molar-refractivity contribution in [1.82, 2.24) is 4.57 Å². The SMILES string of the molecule is CCOC(=O)C1=C(C)N=c2sc(=Cc3ccc(-c4ccc(C(=O)O)cc4C)o3)c(=O)n2[C@@H]1c1ccccc1. The molecule has 192 valence electrons. The minimum absolute atomic E-state index is 0.199. The number of ether oxygens (including phenoxy) is 1. The number of carbonyl (C=O) groups is 2. The second-order valence-electron chi connectivity index (χ2n) is 8.75. The first kappa shape index (κ1) is 25.2. The number of aromatic nitrogens is 1. The number of aryl methyl sites for hydroxylation is 1. The van der Waals surface area contributed by atoms with Crippen LogP contribution in [0.5, 0.6) is 0 Å². The molecule has 0 aliphatic carbocycles. The number of hydrogen-bond acceptors (Lipinski definition) is 7. The summed E-state index contributed by atoms with van der Waals surface area (Å²) in [6.45, 7) is 5.51. The van der Waals surface area contributed by atoms with Crippen LogP contribution in [-0.2, 0) is 9.53 Å². The quantitative estimate of drug-likeness (QED) is 0.378. The fourth-order valence-electron chi connectivity index (χ4n) is 4.52. The number of benzene rings is 2. The lowest BCUT2D eigenvalue weighted by Gasteiger charge is -2.24. The molecule has 38 heavy (non-hydrogen) atoms. The van der Waals surface area contributed by atoms with E-state index in [1.807, 2.05) is 37.3 Å². The molecule has 0 saturated heterocycles. The van der Waals surface area contributed by atoms with Crippen LogP contribution in [-0.4, -0.2) is 28.2 Å². The molecule has 2 aromatic heterocycles. The third-order valence-electron chi connectivity index (χ3n) is 6.27. The van der Waals surface area contributed by atoms with E-state index in [-0.39, 0.29) is 17.7 Å². The molecule has 5 rings (SSSR count). The number of thiazole rings is 1. The average molecular weight is 529 g/mol. The molecule has 8 nitrogen and oxygen atoms in total. The highest BCUT2D eigenvalue weighted by atomic mass is 32.1. The number of allylic oxidation sites excluding steroid dienone is 1. The number of hydrogen-bond donors (Lipinski definition) is 1. The van der Waals surface area contributed by atoms with E-state index < -0.39 is 18.0 Å². The van der Waals surface area contributed by atoms with Crippen LogP contribution in [0.2, 0.25) is 0 Å². The van der Waals surface area contributed by atoms with Crippen LogP contribution in [0.3, 0.4) is 0 Å². The number of carboxylic acid groups (broad SMARTS) is 1. The van der Waals surface area contributed by atoms with Gasteiger partial charge in [-0.25, -0.2) is 14.6 Å². The standard InChI is InChI=1S/C29H24N2O6S/c1-4-36-28(35)24-17(3)30-29-31(25(24)18-8-6-5-7-9-18)26(32)23(38-29)15-20-11-13-22(37-20)21-12-10-19(27(33)34)14-16(21)2/h5-15,25H,4H2,1-3H3,(H,33,34)/t25-/m1/s1. The molecule has 9 heteroatoms. The number of furan rings is 1. The number of aromatic carboxylic acids is 1. The molecular formula is C29H24N2O6S. The summed E-state index contributed by atoms with van der Waals surface area (Å²) in [7, 11) is 0. The molecular weight excluding hydrogens is 504 g/mol. The Hall–Kier alpha value is -4.50. The molecule has 4 aromatic rings. The third-order valence-corrected chi connectivity index (χ3v) is 7.25. The lowest BCUT2D eigenvalue weighted by molar-refractivity contribution is -0.139. The maximum Gasteiger partial charge on any atom is 0.338 e. The Kier molecular flexibility index (Phi) is 6.69. The molecule has 3 heterocycles. The van der Waals surface area contributed by atoms with Crippen LogP contribution in [0.1, 0.15) is 47.1 Å². The lowest BCUT2D eigenvalue weighted by atomic mass is 9.96. The molecule has 0 bridgehead atoms. The Bertz CT molecular complexity index is 1780. The molecule has 0 unspecified atom stereocenters. The largest absolute Gasteiger partial charge is 0.478 e. The Morgan fingerprint density at radius 2 is 1.89 bits per heavy atom. The molecule has 0 spiro atoms. The first-order valence-electron chi connectivity index (χ1n) is 12.0. The van der Waals surface area contributed by atoms with Crippen molar-refractivity contribution in [2.45, 2.75) is 26.8 Å². The molecule has 1 N–H and O–H groups in total. The van der Waals surface area contributed by atoms with E-state index in [0.717, 1.165) is 16.7 Å². The van der Waals surface area contributed by atoms with Gasteiger partial charge in [-0.1, -0.05) is 47.7 Å². The maximum absolute atomic E-state index is 13.7. The third kappa shape index (κ3) is 4.52. The number of carbonyl (C=O) groups excluding carboxylic acids is 1. The minimum Gasteiger partial charge on any atom is -0.478 e. The number of fused-ring (bicyclic) bond motifs is 1. The van der Waals surface area contributed by atoms with Gasteiger partial charge in [-0.05, 0) is 56.2 Å². The summed E-state index contributed by atoms with van der Waals surface area (Å²) in [6, 6.07) is 17.0. The van der Waals surface area contributed by atoms with E-state index in [2.05, 4.69) is 4.99 Å². The van der Waals surface area contributed by atoms with Crippen LogP contribution in [0.25, 0.3) is 17.4 Å². The van der Waals surface area contributed by atoms with E-state index in [1.165, 1.54) is 22.0 Å². The van der Waals surface area contributed by atoms with Gasteiger partial charge in [0.2, 0.25) is 0 Å². The highest BCUT2D eigenvalue weighted by molar-refractivity contribution is 7.07. The Morgan fingerprint density at radius 1 is 1.13 bits per heavy atom. The van der Waals surface area contributed by atoms with Crippen molar-refractivity contribution in [2.75, 3.05) is 6.61 Å². The second-order valence-corrected chi connectivity index (χ2v) is 9.76. The summed E-state index contributed by atoms with van der Waals surface area (Å²) >= 11 is 1.22. The van der Waals surface area contributed by atoms with Gasteiger partial charge in [0.15, 0.2) is 4.80 Å². The summed E-state index contributed by atoms with van der Waals surface area (Å²) < 4.78 is 13.3. The van der Waals surface area contributed by atoms with Crippen molar-refractivity contribution >= 4 is 29.4 Å². The minimum atomic E-state index is -0.995. The molecule has 0 saturated carbocycles. The summed E-state index contributed by atoms with van der Waals surface area (Å²) in [4.78, 5) is 42.9. The van der Waals surface area contributed by atoms with Crippen LogP contribution >= 0.6 is 11.3 Å². The molecule has 1 aliphatic heterocycles. The van der Waals surface area contributed by atoms with E-state index >= 15 is 0 Å². The Morgan fingerprint density at radius 3 is 2.58 bits per heavy atom. The normalized spacial score (nSPS) is 15.2. The predicted octanol–water partition coefficient (Wildman–Crippen LogP) is 4.06. The van der Waals surface area contributed by atoms with Crippen molar-refractivity contribution in [3.63, 3.8) is 0 Å². The van der Waals surface area contributed by atoms with E-state index in [0.29, 0.717) is 32.1 Å². The van der Waals surface area contributed by atoms with Crippen molar-refractivity contribution in [1.29, 1.82) is 0 Å². The van der Waals surface area contributed by atoms with Crippen LogP contribution in [0.4, 0.5) is 0 Å².